The smallest absolute Gasteiger partial charge is 0.358 e. The summed E-state index contributed by atoms with van der Waals surface area (Å²) in [7, 11) is 3.28. The summed E-state index contributed by atoms with van der Waals surface area (Å²) < 4.78 is 10.5. The third-order valence-electron chi connectivity index (χ3n) is 5.63. The van der Waals surface area contributed by atoms with Gasteiger partial charge < -0.3 is 14.4 Å². The minimum Gasteiger partial charge on any atom is -0.465 e. The number of hydrogen-bond acceptors (Lipinski definition) is 6. The van der Waals surface area contributed by atoms with Gasteiger partial charge in [0.1, 0.15) is 5.60 Å². The van der Waals surface area contributed by atoms with Crippen molar-refractivity contribution in [2.45, 2.75) is 31.8 Å². The van der Waals surface area contributed by atoms with Crippen LogP contribution in [0.3, 0.4) is 0 Å². The second-order valence-corrected chi connectivity index (χ2v) is 8.94. The molecule has 0 N–H and O–H groups in total. The molecule has 0 spiro atoms. The van der Waals surface area contributed by atoms with E-state index in [1.54, 1.807) is 6.07 Å². The first kappa shape index (κ1) is 25.1. The molecule has 3 rings (SSSR count). The molecule has 0 unspecified atom stereocenters. The van der Waals surface area contributed by atoms with Gasteiger partial charge in [0.2, 0.25) is 0 Å². The number of pyridine rings is 1. The zero-order chi connectivity index (χ0) is 24.6. The largest absolute Gasteiger partial charge is 0.465 e. The SMILES string of the molecule is COC(=O)c1cccnc1C(=O)OC(C)(C)CN(C)CCC(c1ccccc1)c1ccccc1. The lowest BCUT2D eigenvalue weighted by atomic mass is 9.88. The number of carbonyl (C=O) groups is 2. The Morgan fingerprint density at radius 2 is 1.50 bits per heavy atom. The maximum absolute atomic E-state index is 12.8. The molecule has 6 heteroatoms. The van der Waals surface area contributed by atoms with Gasteiger partial charge in [0.15, 0.2) is 5.69 Å². The van der Waals surface area contributed by atoms with Gasteiger partial charge in [-0.25, -0.2) is 14.6 Å². The average Bonchev–Trinajstić information content (AvgIpc) is 2.84. The highest BCUT2D eigenvalue weighted by Gasteiger charge is 2.29. The first-order chi connectivity index (χ1) is 16.3. The number of aromatic nitrogens is 1. The van der Waals surface area contributed by atoms with E-state index in [2.05, 4.69) is 58.4 Å². The summed E-state index contributed by atoms with van der Waals surface area (Å²) in [5.74, 6) is -1.000. The maximum Gasteiger partial charge on any atom is 0.358 e. The molecule has 0 radical (unpaired) electrons. The number of carbonyl (C=O) groups excluding carboxylic acids is 2. The molecule has 0 aliphatic rings. The fourth-order valence-electron chi connectivity index (χ4n) is 4.15. The monoisotopic (exact) mass is 460 g/mol. The summed E-state index contributed by atoms with van der Waals surface area (Å²) in [6.45, 7) is 5.05. The van der Waals surface area contributed by atoms with E-state index < -0.39 is 17.5 Å². The zero-order valence-electron chi connectivity index (χ0n) is 20.2. The zero-order valence-corrected chi connectivity index (χ0v) is 20.2. The van der Waals surface area contributed by atoms with Crippen molar-refractivity contribution in [2.24, 2.45) is 0 Å². The van der Waals surface area contributed by atoms with E-state index in [1.807, 2.05) is 33.0 Å². The molecule has 2 aromatic carbocycles. The third kappa shape index (κ3) is 6.75. The summed E-state index contributed by atoms with van der Waals surface area (Å²) in [5, 5.41) is 0. The first-order valence-corrected chi connectivity index (χ1v) is 11.4. The van der Waals surface area contributed by atoms with E-state index in [9.17, 15) is 9.59 Å². The minimum absolute atomic E-state index is 0.0432. The van der Waals surface area contributed by atoms with Gasteiger partial charge in [0, 0.05) is 18.7 Å². The number of esters is 2. The second-order valence-electron chi connectivity index (χ2n) is 8.94. The molecule has 0 atom stereocenters. The van der Waals surface area contributed by atoms with Gasteiger partial charge in [-0.2, -0.15) is 0 Å². The molecule has 1 aromatic heterocycles. The lowest BCUT2D eigenvalue weighted by Crippen LogP contribution is -2.41. The van der Waals surface area contributed by atoms with Gasteiger partial charge in [-0.1, -0.05) is 60.7 Å². The summed E-state index contributed by atoms with van der Waals surface area (Å²) in [6.07, 6.45) is 2.37. The van der Waals surface area contributed by atoms with E-state index >= 15 is 0 Å². The molecule has 0 saturated carbocycles. The summed E-state index contributed by atoms with van der Waals surface area (Å²) in [6, 6.07) is 24.1. The number of methoxy groups -OCH3 is 1. The standard InChI is InChI=1S/C28H32N2O4/c1-28(2,34-27(32)25-24(26(31)33-4)16-11-18-29-25)20-30(3)19-17-23(21-12-7-5-8-13-21)22-14-9-6-10-15-22/h5-16,18,23H,17,19-20H2,1-4H3. The molecule has 0 amide bonds. The topological polar surface area (TPSA) is 68.7 Å². The van der Waals surface area contributed by atoms with E-state index in [4.69, 9.17) is 9.47 Å². The highest BCUT2D eigenvalue weighted by Crippen LogP contribution is 2.28. The van der Waals surface area contributed by atoms with Crippen LogP contribution in [0.4, 0.5) is 0 Å². The van der Waals surface area contributed by atoms with Crippen LogP contribution >= 0.6 is 0 Å². The van der Waals surface area contributed by atoms with Gasteiger partial charge >= 0.3 is 11.9 Å². The Hall–Kier alpha value is -3.51. The van der Waals surface area contributed by atoms with Gasteiger partial charge in [-0.15, -0.1) is 0 Å². The van der Waals surface area contributed by atoms with Gasteiger partial charge in [0.25, 0.3) is 0 Å². The number of likely N-dealkylation sites (N-methyl/N-ethyl adjacent to an activating group) is 1. The van der Waals surface area contributed by atoms with Crippen LogP contribution in [-0.2, 0) is 9.47 Å². The van der Waals surface area contributed by atoms with Crippen LogP contribution in [0.1, 0.15) is 58.2 Å². The van der Waals surface area contributed by atoms with Crippen molar-refractivity contribution in [2.75, 3.05) is 27.2 Å². The van der Waals surface area contributed by atoms with Crippen molar-refractivity contribution >= 4 is 11.9 Å². The molecule has 0 fully saturated rings. The number of nitrogens with zero attached hydrogens (tertiary/aromatic N) is 2. The van der Waals surface area contributed by atoms with Crippen LogP contribution in [0.5, 0.6) is 0 Å². The van der Waals surface area contributed by atoms with Crippen molar-refractivity contribution in [3.63, 3.8) is 0 Å². The fourth-order valence-corrected chi connectivity index (χ4v) is 4.15. The predicted octanol–water partition coefficient (Wildman–Crippen LogP) is 4.96. The lowest BCUT2D eigenvalue weighted by molar-refractivity contribution is -0.0144. The number of rotatable bonds is 10. The molecule has 0 bridgehead atoms. The van der Waals surface area contributed by atoms with Crippen molar-refractivity contribution in [1.82, 2.24) is 9.88 Å². The maximum atomic E-state index is 12.8. The number of hydrogen-bond donors (Lipinski definition) is 0. The fraction of sp³-hybridized carbons (Fsp3) is 0.321. The molecule has 6 nitrogen and oxygen atoms in total. The van der Waals surface area contributed by atoms with Crippen molar-refractivity contribution < 1.29 is 19.1 Å². The van der Waals surface area contributed by atoms with Crippen LogP contribution in [-0.4, -0.2) is 54.7 Å². The van der Waals surface area contributed by atoms with Gasteiger partial charge in [-0.05, 0) is 57.1 Å². The van der Waals surface area contributed by atoms with E-state index in [0.717, 1.165) is 13.0 Å². The van der Waals surface area contributed by atoms with E-state index in [0.29, 0.717) is 6.54 Å². The van der Waals surface area contributed by atoms with Crippen LogP contribution < -0.4 is 0 Å². The lowest BCUT2D eigenvalue weighted by Gasteiger charge is -2.31. The van der Waals surface area contributed by atoms with E-state index in [1.165, 1.54) is 30.5 Å². The Bertz CT molecular complexity index is 1040. The third-order valence-corrected chi connectivity index (χ3v) is 5.63. The Balaban J connectivity index is 1.65. The Labute approximate surface area is 201 Å². The molecule has 3 aromatic rings. The van der Waals surface area contributed by atoms with Gasteiger partial charge in [-0.3, -0.25) is 0 Å². The Morgan fingerprint density at radius 3 is 2.06 bits per heavy atom. The first-order valence-electron chi connectivity index (χ1n) is 11.4. The second kappa shape index (κ2) is 11.6. The molecule has 0 aliphatic carbocycles. The Morgan fingerprint density at radius 1 is 0.912 bits per heavy atom. The summed E-state index contributed by atoms with van der Waals surface area (Å²) >= 11 is 0. The summed E-state index contributed by atoms with van der Waals surface area (Å²) in [5.41, 5.74) is 1.81. The number of benzene rings is 2. The Kier molecular flexibility index (Phi) is 8.55. The van der Waals surface area contributed by atoms with Gasteiger partial charge in [0.05, 0.1) is 12.7 Å². The molecule has 1 heterocycles. The van der Waals surface area contributed by atoms with Crippen LogP contribution in [0, 0.1) is 0 Å². The molecule has 34 heavy (non-hydrogen) atoms. The molecule has 178 valence electrons. The molecule has 0 saturated heterocycles. The van der Waals surface area contributed by atoms with Crippen molar-refractivity contribution in [3.8, 4) is 0 Å². The normalized spacial score (nSPS) is 11.5. The highest BCUT2D eigenvalue weighted by molar-refractivity contribution is 6.01. The molecule has 0 aliphatic heterocycles. The van der Waals surface area contributed by atoms with Crippen LogP contribution in [0.25, 0.3) is 0 Å². The average molecular weight is 461 g/mol. The van der Waals surface area contributed by atoms with Crippen LogP contribution in [0.15, 0.2) is 79.0 Å². The molecular weight excluding hydrogens is 428 g/mol. The highest BCUT2D eigenvalue weighted by atomic mass is 16.6. The van der Waals surface area contributed by atoms with Crippen molar-refractivity contribution in [1.29, 1.82) is 0 Å². The molecular formula is C28H32N2O4. The van der Waals surface area contributed by atoms with Crippen LogP contribution in [0.2, 0.25) is 0 Å². The quantitative estimate of drug-likeness (QED) is 0.399. The van der Waals surface area contributed by atoms with Crippen molar-refractivity contribution in [3.05, 3.63) is 101 Å². The predicted molar refractivity (Wildman–Crippen MR) is 132 cm³/mol. The van der Waals surface area contributed by atoms with E-state index in [-0.39, 0.29) is 17.2 Å². The summed E-state index contributed by atoms with van der Waals surface area (Å²) in [4.78, 5) is 31.0. The number of ether oxygens (including phenoxy) is 2. The minimum atomic E-state index is -0.786.